The molecule has 0 spiro atoms. The number of aromatic nitrogens is 3. The summed E-state index contributed by atoms with van der Waals surface area (Å²) in [5, 5.41) is 2.51. The molecule has 0 aliphatic rings. The molecule has 9 heteroatoms. The monoisotopic (exact) mass is 474 g/mol. The van der Waals surface area contributed by atoms with Crippen LogP contribution in [0.3, 0.4) is 0 Å². The predicted octanol–water partition coefficient (Wildman–Crippen LogP) is 5.37. The van der Waals surface area contributed by atoms with Gasteiger partial charge in [-0.1, -0.05) is 18.2 Å². The van der Waals surface area contributed by atoms with Gasteiger partial charge in [0.25, 0.3) is 10.0 Å². The zero-order chi connectivity index (χ0) is 22.8. The molecule has 0 bridgehead atoms. The second-order valence-corrected chi connectivity index (χ2v) is 10.2. The number of nitrogens with zero attached hydrogens (tertiary/aromatic N) is 4. The highest BCUT2D eigenvalue weighted by Gasteiger charge is 2.22. The Kier molecular flexibility index (Phi) is 5.49. The van der Waals surface area contributed by atoms with Crippen LogP contribution in [0.5, 0.6) is 11.6 Å². The maximum absolute atomic E-state index is 12.8. The van der Waals surface area contributed by atoms with Crippen LogP contribution in [-0.4, -0.2) is 30.4 Å². The largest absolute Gasteiger partial charge is 0.438 e. The van der Waals surface area contributed by atoms with Gasteiger partial charge in [0, 0.05) is 25.0 Å². The predicted molar refractivity (Wildman–Crippen MR) is 129 cm³/mol. The van der Waals surface area contributed by atoms with Gasteiger partial charge in [-0.25, -0.2) is 13.4 Å². The lowest BCUT2D eigenvalue weighted by Crippen LogP contribution is -2.25. The van der Waals surface area contributed by atoms with Crippen LogP contribution >= 0.6 is 11.3 Å². The smallest absolute Gasteiger partial charge is 0.273 e. The van der Waals surface area contributed by atoms with Gasteiger partial charge in [0.1, 0.15) is 9.96 Å². The van der Waals surface area contributed by atoms with Crippen LogP contribution in [-0.2, 0) is 10.0 Å². The number of anilines is 1. The van der Waals surface area contributed by atoms with E-state index >= 15 is 0 Å². The molecule has 0 N–H and O–H groups in total. The summed E-state index contributed by atoms with van der Waals surface area (Å²) in [6.07, 6.45) is 3.38. The van der Waals surface area contributed by atoms with Gasteiger partial charge < -0.3 is 4.74 Å². The molecule has 0 fully saturated rings. The molecule has 3 heterocycles. The van der Waals surface area contributed by atoms with Gasteiger partial charge in [0.05, 0.1) is 16.6 Å². The Morgan fingerprint density at radius 2 is 1.64 bits per heavy atom. The first-order valence-corrected chi connectivity index (χ1v) is 12.3. The molecule has 0 aliphatic heterocycles. The van der Waals surface area contributed by atoms with E-state index in [0.29, 0.717) is 27.4 Å². The van der Waals surface area contributed by atoms with Crippen molar-refractivity contribution in [2.45, 2.75) is 4.21 Å². The average molecular weight is 475 g/mol. The van der Waals surface area contributed by atoms with Crippen LogP contribution in [0, 0.1) is 0 Å². The molecule has 0 radical (unpaired) electrons. The van der Waals surface area contributed by atoms with Crippen molar-refractivity contribution < 1.29 is 13.2 Å². The van der Waals surface area contributed by atoms with Crippen LogP contribution in [0.4, 0.5) is 5.69 Å². The minimum absolute atomic E-state index is 0.293. The van der Waals surface area contributed by atoms with Crippen LogP contribution in [0.25, 0.3) is 22.3 Å². The number of pyridine rings is 1. The third kappa shape index (κ3) is 4.15. The normalized spacial score (nSPS) is 11.4. The molecule has 164 valence electrons. The minimum atomic E-state index is -3.60. The summed E-state index contributed by atoms with van der Waals surface area (Å²) in [6, 6.07) is 21.5. The molecule has 7 nitrogen and oxygen atoms in total. The second-order valence-electron chi connectivity index (χ2n) is 7.11. The van der Waals surface area contributed by atoms with E-state index in [0.717, 1.165) is 16.5 Å². The number of sulfonamides is 1. The Balaban J connectivity index is 1.47. The van der Waals surface area contributed by atoms with Crippen molar-refractivity contribution in [3.05, 3.63) is 90.6 Å². The Hall–Kier alpha value is -3.82. The topological polar surface area (TPSA) is 85.3 Å². The number of para-hydroxylation sites is 1. The van der Waals surface area contributed by atoms with Crippen molar-refractivity contribution in [3.8, 4) is 23.0 Å². The van der Waals surface area contributed by atoms with Crippen LogP contribution in [0.1, 0.15) is 0 Å². The third-order valence-corrected chi connectivity index (χ3v) is 8.19. The lowest BCUT2D eigenvalue weighted by atomic mass is 10.2. The highest BCUT2D eigenvalue weighted by atomic mass is 32.2. The molecule has 2 aromatic carbocycles. The third-order valence-electron chi connectivity index (χ3n) is 5.03. The summed E-state index contributed by atoms with van der Waals surface area (Å²) in [5.74, 6) is 1.48. The quantitative estimate of drug-likeness (QED) is 0.329. The summed E-state index contributed by atoms with van der Waals surface area (Å²) in [6.45, 7) is 0. The molecule has 0 amide bonds. The standard InChI is InChI=1S/C24H18N4O3S2/c1-28(33(29,30)22-7-4-16-32-22)18-8-10-19(11-9-18)31-24-20-5-2-3-6-21(20)26-23(27-24)17-12-14-25-15-13-17/h2-16H,1H3. The molecular formula is C24H18N4O3S2. The van der Waals surface area contributed by atoms with Gasteiger partial charge in [0.15, 0.2) is 5.82 Å². The number of thiophene rings is 1. The molecule has 0 aliphatic carbocycles. The Bertz CT molecular complexity index is 1510. The van der Waals surface area contributed by atoms with Crippen molar-refractivity contribution in [3.63, 3.8) is 0 Å². The molecule has 0 unspecified atom stereocenters. The maximum Gasteiger partial charge on any atom is 0.273 e. The van der Waals surface area contributed by atoms with Gasteiger partial charge in [-0.05, 0) is 60.0 Å². The molecule has 0 saturated carbocycles. The van der Waals surface area contributed by atoms with Crippen molar-refractivity contribution in [2.75, 3.05) is 11.4 Å². The number of rotatable bonds is 6. The number of benzene rings is 2. The van der Waals surface area contributed by atoms with E-state index in [1.165, 1.54) is 22.7 Å². The SMILES string of the molecule is CN(c1ccc(Oc2nc(-c3ccncc3)nc3ccccc23)cc1)S(=O)(=O)c1cccs1. The summed E-state index contributed by atoms with van der Waals surface area (Å²) < 4.78 is 33.2. The Labute approximate surface area is 195 Å². The second kappa shape index (κ2) is 8.61. The van der Waals surface area contributed by atoms with E-state index in [-0.39, 0.29) is 0 Å². The number of hydrogen-bond acceptors (Lipinski definition) is 7. The minimum Gasteiger partial charge on any atom is -0.438 e. The maximum atomic E-state index is 12.8. The lowest BCUT2D eigenvalue weighted by Gasteiger charge is -2.18. The molecular weight excluding hydrogens is 456 g/mol. The molecule has 33 heavy (non-hydrogen) atoms. The number of fused-ring (bicyclic) bond motifs is 1. The Morgan fingerprint density at radius 1 is 0.879 bits per heavy atom. The zero-order valence-corrected chi connectivity index (χ0v) is 19.1. The summed E-state index contributed by atoms with van der Waals surface area (Å²) in [4.78, 5) is 13.3. The number of ether oxygens (including phenoxy) is 1. The first kappa shape index (κ1) is 21.0. The van der Waals surface area contributed by atoms with E-state index in [1.54, 1.807) is 54.2 Å². The highest BCUT2D eigenvalue weighted by Crippen LogP contribution is 2.32. The van der Waals surface area contributed by atoms with Crippen LogP contribution in [0.2, 0.25) is 0 Å². The molecule has 3 aromatic heterocycles. The van der Waals surface area contributed by atoms with Crippen molar-refractivity contribution >= 4 is 38.0 Å². The molecule has 0 saturated heterocycles. The first-order valence-electron chi connectivity index (χ1n) is 10.00. The van der Waals surface area contributed by atoms with E-state index in [2.05, 4.69) is 15.0 Å². The van der Waals surface area contributed by atoms with Gasteiger partial charge in [-0.15, -0.1) is 11.3 Å². The van der Waals surface area contributed by atoms with Crippen LogP contribution < -0.4 is 9.04 Å². The van der Waals surface area contributed by atoms with E-state index in [9.17, 15) is 8.42 Å². The number of hydrogen-bond donors (Lipinski definition) is 0. The fraction of sp³-hybridized carbons (Fsp3) is 0.0417. The van der Waals surface area contributed by atoms with Gasteiger partial charge >= 0.3 is 0 Å². The molecule has 5 aromatic rings. The Morgan fingerprint density at radius 3 is 2.36 bits per heavy atom. The van der Waals surface area contributed by atoms with Crippen LogP contribution in [0.15, 0.2) is 94.8 Å². The van der Waals surface area contributed by atoms with Gasteiger partial charge in [-0.2, -0.15) is 4.98 Å². The summed E-state index contributed by atoms with van der Waals surface area (Å²) >= 11 is 1.19. The summed E-state index contributed by atoms with van der Waals surface area (Å²) in [5.41, 5.74) is 2.12. The first-order chi connectivity index (χ1) is 16.0. The lowest BCUT2D eigenvalue weighted by molar-refractivity contribution is 0.469. The fourth-order valence-electron chi connectivity index (χ4n) is 3.28. The zero-order valence-electron chi connectivity index (χ0n) is 17.5. The van der Waals surface area contributed by atoms with Gasteiger partial charge in [-0.3, -0.25) is 9.29 Å². The molecule has 5 rings (SSSR count). The molecule has 0 atom stereocenters. The average Bonchev–Trinajstić information content (AvgIpc) is 3.41. The highest BCUT2D eigenvalue weighted by molar-refractivity contribution is 7.94. The van der Waals surface area contributed by atoms with Crippen molar-refractivity contribution in [2.24, 2.45) is 0 Å². The van der Waals surface area contributed by atoms with E-state index < -0.39 is 10.0 Å². The van der Waals surface area contributed by atoms with E-state index in [4.69, 9.17) is 4.74 Å². The van der Waals surface area contributed by atoms with Gasteiger partial charge in [0.2, 0.25) is 5.88 Å². The van der Waals surface area contributed by atoms with Crippen molar-refractivity contribution in [1.82, 2.24) is 15.0 Å². The van der Waals surface area contributed by atoms with E-state index in [1.807, 2.05) is 36.4 Å². The van der Waals surface area contributed by atoms with Crippen molar-refractivity contribution in [1.29, 1.82) is 0 Å². The fourth-order valence-corrected chi connectivity index (χ4v) is 5.63. The summed E-state index contributed by atoms with van der Waals surface area (Å²) in [7, 11) is -2.07.